The molecule has 1 heterocycles. The van der Waals surface area contributed by atoms with Gasteiger partial charge in [0.05, 0.1) is 17.3 Å². The minimum atomic E-state index is -4.63. The maximum absolute atomic E-state index is 13.1. The zero-order valence-corrected chi connectivity index (χ0v) is 12.0. The van der Waals surface area contributed by atoms with E-state index in [2.05, 4.69) is 5.32 Å². The molecular formula is C16H9F3N2O3. The SMILES string of the molecule is N#CCC(=O)Nc1cc(C(F)(F)F)cc2c1Oc1ccccc1O2. The number of alkyl halides is 3. The number of hydrogen-bond acceptors (Lipinski definition) is 4. The van der Waals surface area contributed by atoms with Gasteiger partial charge in [0.1, 0.15) is 6.42 Å². The first-order valence-corrected chi connectivity index (χ1v) is 6.75. The summed E-state index contributed by atoms with van der Waals surface area (Å²) in [6, 6.07) is 9.61. The van der Waals surface area contributed by atoms with E-state index in [1.54, 1.807) is 30.3 Å². The Hall–Kier alpha value is -3.21. The number of nitriles is 1. The van der Waals surface area contributed by atoms with Crippen molar-refractivity contribution in [3.8, 4) is 29.1 Å². The van der Waals surface area contributed by atoms with Crippen molar-refractivity contribution in [3.05, 3.63) is 42.0 Å². The van der Waals surface area contributed by atoms with Crippen LogP contribution >= 0.6 is 0 Å². The number of ether oxygens (including phenoxy) is 2. The molecule has 3 rings (SSSR count). The van der Waals surface area contributed by atoms with Crippen LogP contribution < -0.4 is 14.8 Å². The van der Waals surface area contributed by atoms with Crippen LogP contribution in [-0.4, -0.2) is 5.91 Å². The van der Waals surface area contributed by atoms with Gasteiger partial charge in [0.25, 0.3) is 0 Å². The predicted octanol–water partition coefficient (Wildman–Crippen LogP) is 4.46. The van der Waals surface area contributed by atoms with E-state index in [0.717, 1.165) is 12.1 Å². The normalized spacial score (nSPS) is 12.1. The molecule has 5 nitrogen and oxygen atoms in total. The molecule has 122 valence electrons. The van der Waals surface area contributed by atoms with E-state index >= 15 is 0 Å². The second kappa shape index (κ2) is 5.77. The average Bonchev–Trinajstić information content (AvgIpc) is 2.52. The highest BCUT2D eigenvalue weighted by atomic mass is 19.4. The van der Waals surface area contributed by atoms with Gasteiger partial charge in [-0.15, -0.1) is 0 Å². The number of anilines is 1. The van der Waals surface area contributed by atoms with Gasteiger partial charge in [0, 0.05) is 0 Å². The number of carbonyl (C=O) groups excluding carboxylic acids is 1. The fourth-order valence-corrected chi connectivity index (χ4v) is 2.15. The van der Waals surface area contributed by atoms with Crippen molar-refractivity contribution in [2.75, 3.05) is 5.32 Å². The summed E-state index contributed by atoms with van der Waals surface area (Å²) < 4.78 is 50.2. The lowest BCUT2D eigenvalue weighted by Crippen LogP contribution is -2.14. The van der Waals surface area contributed by atoms with Gasteiger partial charge in [0.2, 0.25) is 5.91 Å². The van der Waals surface area contributed by atoms with E-state index < -0.39 is 24.1 Å². The second-order valence-electron chi connectivity index (χ2n) is 4.88. The number of hydrogen-bond donors (Lipinski definition) is 1. The molecule has 24 heavy (non-hydrogen) atoms. The largest absolute Gasteiger partial charge is 0.449 e. The molecule has 8 heteroatoms. The third-order valence-corrected chi connectivity index (χ3v) is 3.18. The summed E-state index contributed by atoms with van der Waals surface area (Å²) in [5.41, 5.74) is -1.22. The molecule has 2 aromatic rings. The summed E-state index contributed by atoms with van der Waals surface area (Å²) in [5.74, 6) is -0.399. The lowest BCUT2D eigenvalue weighted by molar-refractivity contribution is -0.137. The van der Waals surface area contributed by atoms with Crippen molar-refractivity contribution < 1.29 is 27.4 Å². The van der Waals surface area contributed by atoms with Crippen LogP contribution in [0.25, 0.3) is 0 Å². The number of para-hydroxylation sites is 2. The van der Waals surface area contributed by atoms with Crippen molar-refractivity contribution in [2.24, 2.45) is 0 Å². The summed E-state index contributed by atoms with van der Waals surface area (Å²) in [6.07, 6.45) is -5.13. The maximum Gasteiger partial charge on any atom is 0.416 e. The van der Waals surface area contributed by atoms with Crippen molar-refractivity contribution >= 4 is 11.6 Å². The Morgan fingerprint density at radius 3 is 2.42 bits per heavy atom. The number of nitrogens with one attached hydrogen (secondary N) is 1. The molecule has 0 saturated carbocycles. The highest BCUT2D eigenvalue weighted by Crippen LogP contribution is 2.50. The standard InChI is InChI=1S/C16H9F3N2O3/c17-16(18,19)9-7-10(21-14(22)5-6-20)15-13(8-9)23-11-3-1-2-4-12(11)24-15/h1-4,7-8H,5H2,(H,21,22). The topological polar surface area (TPSA) is 71.4 Å². The third-order valence-electron chi connectivity index (χ3n) is 3.18. The minimum absolute atomic E-state index is 0.0482. The molecule has 0 fully saturated rings. The van der Waals surface area contributed by atoms with Crippen molar-refractivity contribution in [1.29, 1.82) is 5.26 Å². The number of rotatable bonds is 2. The maximum atomic E-state index is 13.1. The molecule has 2 aromatic carbocycles. The van der Waals surface area contributed by atoms with Gasteiger partial charge >= 0.3 is 6.18 Å². The molecular weight excluding hydrogens is 325 g/mol. The summed E-state index contributed by atoms with van der Waals surface area (Å²) >= 11 is 0. The number of benzene rings is 2. The predicted molar refractivity (Wildman–Crippen MR) is 76.9 cm³/mol. The molecule has 0 radical (unpaired) electrons. The van der Waals surface area contributed by atoms with Gasteiger partial charge in [-0.3, -0.25) is 4.79 Å². The Morgan fingerprint density at radius 2 is 1.79 bits per heavy atom. The fourth-order valence-electron chi connectivity index (χ4n) is 2.15. The first-order chi connectivity index (χ1) is 11.4. The van der Waals surface area contributed by atoms with Gasteiger partial charge in [-0.1, -0.05) is 12.1 Å². The average molecular weight is 334 g/mol. The monoisotopic (exact) mass is 334 g/mol. The molecule has 0 bridgehead atoms. The van der Waals surface area contributed by atoms with Gasteiger partial charge in [0.15, 0.2) is 23.0 Å². The first-order valence-electron chi connectivity index (χ1n) is 6.75. The molecule has 0 saturated heterocycles. The summed E-state index contributed by atoms with van der Waals surface area (Å²) in [6.45, 7) is 0. The van der Waals surface area contributed by atoms with E-state index in [-0.39, 0.29) is 22.9 Å². The second-order valence-corrected chi connectivity index (χ2v) is 4.88. The Morgan fingerprint density at radius 1 is 1.12 bits per heavy atom. The number of amides is 1. The Bertz CT molecular complexity index is 857. The van der Waals surface area contributed by atoms with Gasteiger partial charge in [-0.2, -0.15) is 18.4 Å². The van der Waals surface area contributed by atoms with Crippen LogP contribution in [0.15, 0.2) is 36.4 Å². The molecule has 1 amide bonds. The number of fused-ring (bicyclic) bond motifs is 2. The van der Waals surface area contributed by atoms with E-state index in [4.69, 9.17) is 14.7 Å². The number of halogens is 3. The van der Waals surface area contributed by atoms with Gasteiger partial charge < -0.3 is 14.8 Å². The van der Waals surface area contributed by atoms with Crippen LogP contribution in [0, 0.1) is 11.3 Å². The zero-order valence-electron chi connectivity index (χ0n) is 12.0. The first kappa shape index (κ1) is 15.7. The van der Waals surface area contributed by atoms with E-state index in [1.165, 1.54) is 0 Å². The van der Waals surface area contributed by atoms with E-state index in [1.807, 2.05) is 0 Å². The van der Waals surface area contributed by atoms with E-state index in [0.29, 0.717) is 5.75 Å². The highest BCUT2D eigenvalue weighted by Gasteiger charge is 2.34. The van der Waals surface area contributed by atoms with Crippen LogP contribution in [0.1, 0.15) is 12.0 Å². The number of carbonyl (C=O) groups is 1. The molecule has 1 N–H and O–H groups in total. The minimum Gasteiger partial charge on any atom is -0.449 e. The van der Waals surface area contributed by atoms with Crippen molar-refractivity contribution in [2.45, 2.75) is 12.6 Å². The smallest absolute Gasteiger partial charge is 0.416 e. The van der Waals surface area contributed by atoms with Crippen LogP contribution in [0.5, 0.6) is 23.0 Å². The highest BCUT2D eigenvalue weighted by molar-refractivity contribution is 5.94. The van der Waals surface area contributed by atoms with Crippen LogP contribution in [0.3, 0.4) is 0 Å². The van der Waals surface area contributed by atoms with Crippen molar-refractivity contribution in [3.63, 3.8) is 0 Å². The lowest BCUT2D eigenvalue weighted by atomic mass is 10.1. The van der Waals surface area contributed by atoms with Crippen LogP contribution in [-0.2, 0) is 11.0 Å². The molecule has 1 aliphatic rings. The van der Waals surface area contributed by atoms with E-state index in [9.17, 15) is 18.0 Å². The summed E-state index contributed by atoms with van der Waals surface area (Å²) in [4.78, 5) is 11.6. The third kappa shape index (κ3) is 2.96. The molecule has 0 aromatic heterocycles. The van der Waals surface area contributed by atoms with Gasteiger partial charge in [-0.25, -0.2) is 0 Å². The quantitative estimate of drug-likeness (QED) is 0.751. The zero-order chi connectivity index (χ0) is 17.3. The van der Waals surface area contributed by atoms with Crippen LogP contribution in [0.2, 0.25) is 0 Å². The molecule has 0 aliphatic carbocycles. The Kier molecular flexibility index (Phi) is 3.77. The molecule has 0 spiro atoms. The number of nitrogens with zero attached hydrogens (tertiary/aromatic N) is 1. The molecule has 0 atom stereocenters. The lowest BCUT2D eigenvalue weighted by Gasteiger charge is -2.24. The molecule has 1 aliphatic heterocycles. The Labute approximate surface area is 134 Å². The van der Waals surface area contributed by atoms with Crippen molar-refractivity contribution in [1.82, 2.24) is 0 Å². The Balaban J connectivity index is 2.08. The van der Waals surface area contributed by atoms with Gasteiger partial charge in [-0.05, 0) is 24.3 Å². The molecule has 0 unspecified atom stereocenters. The fraction of sp³-hybridized carbons (Fsp3) is 0.125. The summed E-state index contributed by atoms with van der Waals surface area (Å²) in [5, 5.41) is 10.8. The summed E-state index contributed by atoms with van der Waals surface area (Å²) in [7, 11) is 0. The van der Waals surface area contributed by atoms with Crippen LogP contribution in [0.4, 0.5) is 18.9 Å².